The van der Waals surface area contributed by atoms with Gasteiger partial charge in [-0.1, -0.05) is 0 Å². The van der Waals surface area contributed by atoms with Crippen molar-refractivity contribution in [2.24, 2.45) is 0 Å². The molecule has 1 aliphatic heterocycles. The highest BCUT2D eigenvalue weighted by molar-refractivity contribution is 4.82. The van der Waals surface area contributed by atoms with Gasteiger partial charge < -0.3 is 10.1 Å². The summed E-state index contributed by atoms with van der Waals surface area (Å²) >= 11 is 0. The van der Waals surface area contributed by atoms with E-state index in [2.05, 4.69) is 24.1 Å². The van der Waals surface area contributed by atoms with Crippen molar-refractivity contribution in [1.29, 1.82) is 0 Å². The number of unbranched alkanes of at least 4 members (excludes halogenated alkanes) is 2. The van der Waals surface area contributed by atoms with Gasteiger partial charge in [-0.2, -0.15) is 0 Å². The molecule has 0 aromatic carbocycles. The summed E-state index contributed by atoms with van der Waals surface area (Å²) in [4.78, 5) is 2.56. The second-order valence-electron chi connectivity index (χ2n) is 5.08. The van der Waals surface area contributed by atoms with Crippen LogP contribution in [0.3, 0.4) is 0 Å². The Labute approximate surface area is 101 Å². The Kier molecular flexibility index (Phi) is 7.01. The first-order valence-electron chi connectivity index (χ1n) is 6.70. The monoisotopic (exact) mass is 228 g/mol. The third kappa shape index (κ3) is 5.28. The molecule has 1 rings (SSSR count). The molecule has 1 aliphatic rings. The molecule has 16 heavy (non-hydrogen) atoms. The average molecular weight is 228 g/mol. The third-order valence-corrected chi connectivity index (χ3v) is 3.41. The van der Waals surface area contributed by atoms with E-state index < -0.39 is 0 Å². The highest BCUT2D eigenvalue weighted by Crippen LogP contribution is 2.12. The minimum atomic E-state index is 0.702. The van der Waals surface area contributed by atoms with Crippen LogP contribution in [-0.4, -0.2) is 50.3 Å². The molecule has 0 aliphatic carbocycles. The van der Waals surface area contributed by atoms with E-state index in [0.29, 0.717) is 6.04 Å². The van der Waals surface area contributed by atoms with Gasteiger partial charge in [0.15, 0.2) is 0 Å². The topological polar surface area (TPSA) is 24.5 Å². The molecule has 1 unspecified atom stereocenters. The number of nitrogens with one attached hydrogen (secondary N) is 1. The van der Waals surface area contributed by atoms with Gasteiger partial charge in [0.2, 0.25) is 0 Å². The Morgan fingerprint density at radius 3 is 2.75 bits per heavy atom. The molecule has 0 saturated carbocycles. The summed E-state index contributed by atoms with van der Waals surface area (Å²) in [6.07, 6.45) is 5.07. The molecule has 1 atom stereocenters. The minimum Gasteiger partial charge on any atom is -0.385 e. The van der Waals surface area contributed by atoms with Crippen molar-refractivity contribution in [1.82, 2.24) is 10.2 Å². The number of nitrogens with zero attached hydrogens (tertiary/aromatic N) is 1. The van der Waals surface area contributed by atoms with Crippen molar-refractivity contribution in [3.63, 3.8) is 0 Å². The van der Waals surface area contributed by atoms with Crippen LogP contribution < -0.4 is 5.32 Å². The largest absolute Gasteiger partial charge is 0.385 e. The molecule has 0 bridgehead atoms. The van der Waals surface area contributed by atoms with Gasteiger partial charge in [0.1, 0.15) is 0 Å². The van der Waals surface area contributed by atoms with E-state index in [9.17, 15) is 0 Å². The zero-order chi connectivity index (χ0) is 11.8. The molecule has 3 heteroatoms. The molecule has 0 aromatic rings. The van der Waals surface area contributed by atoms with Crippen LogP contribution in [0, 0.1) is 0 Å². The molecular formula is C13H28N2O. The van der Waals surface area contributed by atoms with Crippen LogP contribution >= 0.6 is 0 Å². The molecule has 1 fully saturated rings. The molecule has 0 spiro atoms. The van der Waals surface area contributed by atoms with Gasteiger partial charge in [-0.05, 0) is 52.6 Å². The van der Waals surface area contributed by atoms with Gasteiger partial charge in [-0.15, -0.1) is 0 Å². The van der Waals surface area contributed by atoms with E-state index in [4.69, 9.17) is 4.74 Å². The van der Waals surface area contributed by atoms with Crippen LogP contribution in [0.2, 0.25) is 0 Å². The Morgan fingerprint density at radius 1 is 1.31 bits per heavy atom. The number of hydrogen-bond donors (Lipinski definition) is 1. The summed E-state index contributed by atoms with van der Waals surface area (Å²) in [6, 6.07) is 1.43. The molecule has 0 aromatic heterocycles. The summed E-state index contributed by atoms with van der Waals surface area (Å²) in [7, 11) is 1.78. The lowest BCUT2D eigenvalue weighted by Crippen LogP contribution is -2.35. The number of likely N-dealkylation sites (tertiary alicyclic amines) is 1. The Bertz CT molecular complexity index is 173. The van der Waals surface area contributed by atoms with Crippen molar-refractivity contribution in [2.75, 3.05) is 33.4 Å². The van der Waals surface area contributed by atoms with E-state index in [1.165, 1.54) is 45.3 Å². The van der Waals surface area contributed by atoms with E-state index in [1.807, 2.05) is 0 Å². The maximum absolute atomic E-state index is 5.04. The second-order valence-corrected chi connectivity index (χ2v) is 5.08. The third-order valence-electron chi connectivity index (χ3n) is 3.41. The number of ether oxygens (including phenoxy) is 1. The fraction of sp³-hybridized carbons (Fsp3) is 1.00. The predicted octanol–water partition coefficient (Wildman–Crippen LogP) is 1.88. The highest BCUT2D eigenvalue weighted by atomic mass is 16.5. The maximum Gasteiger partial charge on any atom is 0.0462 e. The Balaban J connectivity index is 1.94. The Hall–Kier alpha value is -0.120. The van der Waals surface area contributed by atoms with E-state index in [0.717, 1.165) is 12.6 Å². The lowest BCUT2D eigenvalue weighted by Gasteiger charge is -2.20. The zero-order valence-corrected chi connectivity index (χ0v) is 11.2. The number of hydrogen-bond acceptors (Lipinski definition) is 3. The summed E-state index contributed by atoms with van der Waals surface area (Å²) < 4.78 is 5.04. The van der Waals surface area contributed by atoms with Crippen molar-refractivity contribution >= 4 is 0 Å². The summed E-state index contributed by atoms with van der Waals surface area (Å²) in [5.41, 5.74) is 0. The SMILES string of the molecule is COCCCCCNC1CCN(C(C)C)C1. The van der Waals surface area contributed by atoms with Gasteiger partial charge in [-0.25, -0.2) is 0 Å². The highest BCUT2D eigenvalue weighted by Gasteiger charge is 2.23. The summed E-state index contributed by atoms with van der Waals surface area (Å²) in [6.45, 7) is 9.14. The summed E-state index contributed by atoms with van der Waals surface area (Å²) in [5, 5.41) is 3.66. The average Bonchev–Trinajstić information content (AvgIpc) is 2.72. The maximum atomic E-state index is 5.04. The molecule has 1 N–H and O–H groups in total. The van der Waals surface area contributed by atoms with Gasteiger partial charge >= 0.3 is 0 Å². The molecule has 1 heterocycles. The van der Waals surface area contributed by atoms with Crippen LogP contribution in [0.5, 0.6) is 0 Å². The van der Waals surface area contributed by atoms with Gasteiger partial charge in [0.25, 0.3) is 0 Å². The summed E-state index contributed by atoms with van der Waals surface area (Å²) in [5.74, 6) is 0. The molecular weight excluding hydrogens is 200 g/mol. The first kappa shape index (κ1) is 13.9. The first-order valence-corrected chi connectivity index (χ1v) is 6.70. The number of methoxy groups -OCH3 is 1. The molecule has 0 radical (unpaired) electrons. The fourth-order valence-corrected chi connectivity index (χ4v) is 2.28. The van der Waals surface area contributed by atoms with Crippen molar-refractivity contribution in [3.05, 3.63) is 0 Å². The van der Waals surface area contributed by atoms with Crippen LogP contribution in [0.15, 0.2) is 0 Å². The smallest absolute Gasteiger partial charge is 0.0462 e. The molecule has 1 saturated heterocycles. The van der Waals surface area contributed by atoms with Crippen LogP contribution in [0.4, 0.5) is 0 Å². The molecule has 3 nitrogen and oxygen atoms in total. The van der Waals surface area contributed by atoms with E-state index in [-0.39, 0.29) is 0 Å². The van der Waals surface area contributed by atoms with Crippen LogP contribution in [0.1, 0.15) is 39.5 Å². The second kappa shape index (κ2) is 8.04. The minimum absolute atomic E-state index is 0.702. The number of rotatable bonds is 8. The quantitative estimate of drug-likeness (QED) is 0.642. The fourth-order valence-electron chi connectivity index (χ4n) is 2.28. The van der Waals surface area contributed by atoms with Crippen molar-refractivity contribution in [3.8, 4) is 0 Å². The standard InChI is InChI=1S/C13H28N2O/c1-12(2)15-9-7-13(11-15)14-8-5-4-6-10-16-3/h12-14H,4-11H2,1-3H3. The van der Waals surface area contributed by atoms with Gasteiger partial charge in [0, 0.05) is 32.3 Å². The van der Waals surface area contributed by atoms with Crippen molar-refractivity contribution < 1.29 is 4.74 Å². The first-order chi connectivity index (χ1) is 7.74. The molecule has 96 valence electrons. The van der Waals surface area contributed by atoms with E-state index >= 15 is 0 Å². The van der Waals surface area contributed by atoms with Crippen LogP contribution in [-0.2, 0) is 4.74 Å². The van der Waals surface area contributed by atoms with Crippen LogP contribution in [0.25, 0.3) is 0 Å². The Morgan fingerprint density at radius 2 is 2.12 bits per heavy atom. The lowest BCUT2D eigenvalue weighted by atomic mass is 10.2. The normalized spacial score (nSPS) is 22.1. The predicted molar refractivity (Wildman–Crippen MR) is 68.8 cm³/mol. The van der Waals surface area contributed by atoms with Gasteiger partial charge in [-0.3, -0.25) is 4.90 Å². The zero-order valence-electron chi connectivity index (χ0n) is 11.2. The lowest BCUT2D eigenvalue weighted by molar-refractivity contribution is 0.192. The van der Waals surface area contributed by atoms with Gasteiger partial charge in [0.05, 0.1) is 0 Å². The van der Waals surface area contributed by atoms with E-state index in [1.54, 1.807) is 7.11 Å². The van der Waals surface area contributed by atoms with Crippen molar-refractivity contribution in [2.45, 2.75) is 51.6 Å². The molecule has 0 amide bonds.